The number of hydrogen-bond donors (Lipinski definition) is 1. The molecule has 0 saturated carbocycles. The minimum Gasteiger partial charge on any atom is -0.494 e. The lowest BCUT2D eigenvalue weighted by Crippen LogP contribution is -2.62. The van der Waals surface area contributed by atoms with Crippen molar-refractivity contribution < 1.29 is 9.47 Å². The molecule has 2 aliphatic rings. The summed E-state index contributed by atoms with van der Waals surface area (Å²) in [5.41, 5.74) is 1.66. The molecule has 2 saturated heterocycles. The molecule has 92 valence electrons. The van der Waals surface area contributed by atoms with E-state index in [9.17, 15) is 0 Å². The highest BCUT2D eigenvalue weighted by Crippen LogP contribution is 2.41. The van der Waals surface area contributed by atoms with Gasteiger partial charge in [0.15, 0.2) is 0 Å². The van der Waals surface area contributed by atoms with Gasteiger partial charge in [-0.3, -0.25) is 0 Å². The van der Waals surface area contributed by atoms with Gasteiger partial charge in [-0.1, -0.05) is 12.1 Å². The molecule has 0 aromatic heterocycles. The Labute approximate surface area is 102 Å². The van der Waals surface area contributed by atoms with E-state index in [2.05, 4.69) is 29.6 Å². The van der Waals surface area contributed by atoms with Crippen molar-refractivity contribution in [1.82, 2.24) is 5.32 Å². The van der Waals surface area contributed by atoms with Crippen LogP contribution in [0.5, 0.6) is 5.75 Å². The first-order chi connectivity index (χ1) is 8.35. The average Bonchev–Trinajstić information content (AvgIpc) is 2.22. The van der Waals surface area contributed by atoms with Gasteiger partial charge in [-0.15, -0.1) is 0 Å². The summed E-state index contributed by atoms with van der Waals surface area (Å²) in [6.07, 6.45) is 0. The van der Waals surface area contributed by atoms with Gasteiger partial charge in [-0.25, -0.2) is 0 Å². The third-order valence-corrected chi connectivity index (χ3v) is 4.02. The zero-order valence-corrected chi connectivity index (χ0v) is 10.2. The van der Waals surface area contributed by atoms with Crippen LogP contribution >= 0.6 is 0 Å². The standard InChI is InChI=1S/C14H19NO2/c1-2-17-13-5-3-11(4-6-13)14(9-16-10-14)12-7-15-8-12/h3-6,12,15H,2,7-10H2,1H3. The molecule has 0 unspecified atom stereocenters. The van der Waals surface area contributed by atoms with Crippen LogP contribution < -0.4 is 10.1 Å². The summed E-state index contributed by atoms with van der Waals surface area (Å²) in [7, 11) is 0. The molecule has 2 heterocycles. The van der Waals surface area contributed by atoms with Crippen LogP contribution in [-0.4, -0.2) is 32.9 Å². The summed E-state index contributed by atoms with van der Waals surface area (Å²) < 4.78 is 11.0. The van der Waals surface area contributed by atoms with Crippen molar-refractivity contribution in [1.29, 1.82) is 0 Å². The highest BCUT2D eigenvalue weighted by atomic mass is 16.5. The molecule has 2 aliphatic heterocycles. The molecule has 0 radical (unpaired) electrons. The monoisotopic (exact) mass is 233 g/mol. The van der Waals surface area contributed by atoms with Gasteiger partial charge in [-0.05, 0) is 30.5 Å². The molecular weight excluding hydrogens is 214 g/mol. The van der Waals surface area contributed by atoms with Gasteiger partial charge >= 0.3 is 0 Å². The third-order valence-electron chi connectivity index (χ3n) is 4.02. The maximum Gasteiger partial charge on any atom is 0.119 e. The van der Waals surface area contributed by atoms with E-state index in [1.54, 1.807) is 0 Å². The Morgan fingerprint density at radius 2 is 2.00 bits per heavy atom. The van der Waals surface area contributed by atoms with Gasteiger partial charge in [0.25, 0.3) is 0 Å². The second kappa shape index (κ2) is 4.31. The SMILES string of the molecule is CCOc1ccc(C2(C3CNC3)COC2)cc1. The average molecular weight is 233 g/mol. The maximum atomic E-state index is 5.48. The molecule has 1 aromatic rings. The Morgan fingerprint density at radius 3 is 2.41 bits per heavy atom. The number of benzene rings is 1. The van der Waals surface area contributed by atoms with Crippen LogP contribution in [0.3, 0.4) is 0 Å². The van der Waals surface area contributed by atoms with Gasteiger partial charge in [0.05, 0.1) is 19.8 Å². The van der Waals surface area contributed by atoms with Crippen LogP contribution in [-0.2, 0) is 10.2 Å². The molecule has 3 rings (SSSR count). The summed E-state index contributed by atoms with van der Waals surface area (Å²) in [4.78, 5) is 0. The Bertz CT molecular complexity index is 380. The Kier molecular flexibility index (Phi) is 2.81. The van der Waals surface area contributed by atoms with Gasteiger partial charge in [0.1, 0.15) is 5.75 Å². The molecule has 3 nitrogen and oxygen atoms in total. The molecule has 3 heteroatoms. The van der Waals surface area contributed by atoms with E-state index in [1.165, 1.54) is 5.56 Å². The Hall–Kier alpha value is -1.06. The van der Waals surface area contributed by atoms with E-state index < -0.39 is 0 Å². The number of rotatable bonds is 4. The lowest BCUT2D eigenvalue weighted by Gasteiger charge is -2.51. The third kappa shape index (κ3) is 1.74. The van der Waals surface area contributed by atoms with Crippen LogP contribution in [0.2, 0.25) is 0 Å². The molecule has 17 heavy (non-hydrogen) atoms. The van der Waals surface area contributed by atoms with Crippen molar-refractivity contribution in [2.24, 2.45) is 5.92 Å². The zero-order chi connectivity index (χ0) is 11.7. The van der Waals surface area contributed by atoms with Crippen molar-refractivity contribution in [3.8, 4) is 5.75 Å². The van der Waals surface area contributed by atoms with Crippen molar-refractivity contribution in [3.63, 3.8) is 0 Å². The van der Waals surface area contributed by atoms with E-state index in [4.69, 9.17) is 9.47 Å². The smallest absolute Gasteiger partial charge is 0.119 e. The van der Waals surface area contributed by atoms with Crippen molar-refractivity contribution in [3.05, 3.63) is 29.8 Å². The molecule has 0 amide bonds. The number of nitrogens with one attached hydrogen (secondary N) is 1. The first-order valence-corrected chi connectivity index (χ1v) is 6.37. The second-order valence-electron chi connectivity index (χ2n) is 4.96. The topological polar surface area (TPSA) is 30.5 Å². The van der Waals surface area contributed by atoms with Crippen LogP contribution in [0.15, 0.2) is 24.3 Å². The molecule has 0 aliphatic carbocycles. The second-order valence-corrected chi connectivity index (χ2v) is 4.96. The summed E-state index contributed by atoms with van der Waals surface area (Å²) >= 11 is 0. The molecule has 1 aromatic carbocycles. The first-order valence-electron chi connectivity index (χ1n) is 6.37. The quantitative estimate of drug-likeness (QED) is 0.856. The molecule has 0 spiro atoms. The van der Waals surface area contributed by atoms with Crippen molar-refractivity contribution in [2.75, 3.05) is 32.9 Å². The minimum atomic E-state index is 0.260. The predicted octanol–water partition coefficient (Wildman–Crippen LogP) is 1.57. The number of ether oxygens (including phenoxy) is 2. The molecule has 0 bridgehead atoms. The van der Waals surface area contributed by atoms with Crippen LogP contribution in [0.4, 0.5) is 0 Å². The van der Waals surface area contributed by atoms with Crippen LogP contribution in [0.25, 0.3) is 0 Å². The van der Waals surface area contributed by atoms with Crippen LogP contribution in [0.1, 0.15) is 12.5 Å². The lowest BCUT2D eigenvalue weighted by atomic mass is 9.66. The summed E-state index contributed by atoms with van der Waals surface area (Å²) in [6.45, 7) is 6.71. The van der Waals surface area contributed by atoms with Gasteiger partial charge in [0, 0.05) is 18.5 Å². The summed E-state index contributed by atoms with van der Waals surface area (Å²) in [5, 5.41) is 3.36. The Morgan fingerprint density at radius 1 is 1.29 bits per heavy atom. The van der Waals surface area contributed by atoms with Crippen molar-refractivity contribution in [2.45, 2.75) is 12.3 Å². The fourth-order valence-electron chi connectivity index (χ4n) is 2.69. The zero-order valence-electron chi connectivity index (χ0n) is 10.2. The van der Waals surface area contributed by atoms with Crippen LogP contribution in [0, 0.1) is 5.92 Å². The lowest BCUT2D eigenvalue weighted by molar-refractivity contribution is -0.101. The van der Waals surface area contributed by atoms with E-state index in [0.29, 0.717) is 0 Å². The molecular formula is C14H19NO2. The minimum absolute atomic E-state index is 0.260. The summed E-state index contributed by atoms with van der Waals surface area (Å²) in [5.74, 6) is 1.69. The highest BCUT2D eigenvalue weighted by molar-refractivity contribution is 5.35. The normalized spacial score (nSPS) is 22.6. The largest absolute Gasteiger partial charge is 0.494 e. The maximum absolute atomic E-state index is 5.48. The molecule has 1 N–H and O–H groups in total. The first kappa shape index (κ1) is 11.1. The highest BCUT2D eigenvalue weighted by Gasteiger charge is 2.49. The van der Waals surface area contributed by atoms with E-state index in [-0.39, 0.29) is 5.41 Å². The fraction of sp³-hybridized carbons (Fsp3) is 0.571. The van der Waals surface area contributed by atoms with Crippen molar-refractivity contribution >= 4 is 0 Å². The van der Waals surface area contributed by atoms with E-state index in [0.717, 1.165) is 44.6 Å². The van der Waals surface area contributed by atoms with Gasteiger partial charge < -0.3 is 14.8 Å². The Balaban J connectivity index is 1.81. The predicted molar refractivity (Wildman–Crippen MR) is 66.5 cm³/mol. The molecule has 0 atom stereocenters. The summed E-state index contributed by atoms with van der Waals surface area (Å²) in [6, 6.07) is 8.55. The van der Waals surface area contributed by atoms with Gasteiger partial charge in [0.2, 0.25) is 0 Å². The molecule has 2 fully saturated rings. The fourth-order valence-corrected chi connectivity index (χ4v) is 2.69. The van der Waals surface area contributed by atoms with E-state index >= 15 is 0 Å². The number of hydrogen-bond acceptors (Lipinski definition) is 3. The van der Waals surface area contributed by atoms with Gasteiger partial charge in [-0.2, -0.15) is 0 Å². The van der Waals surface area contributed by atoms with E-state index in [1.807, 2.05) is 6.92 Å².